The highest BCUT2D eigenvalue weighted by atomic mass is 35.5. The quantitative estimate of drug-likeness (QED) is 0.713. The van der Waals surface area contributed by atoms with Crippen LogP contribution in [0.3, 0.4) is 0 Å². The summed E-state index contributed by atoms with van der Waals surface area (Å²) in [6.07, 6.45) is 2.56. The largest absolute Gasteiger partial charge is 0.381 e. The van der Waals surface area contributed by atoms with Gasteiger partial charge in [-0.1, -0.05) is 41.4 Å². The highest BCUT2D eigenvalue weighted by molar-refractivity contribution is 7.56. The molecule has 2 rings (SSSR count). The molecule has 0 unspecified atom stereocenters. The first-order valence-corrected chi connectivity index (χ1v) is 8.74. The first-order chi connectivity index (χ1) is 10.3. The molecule has 0 atom stereocenters. The van der Waals surface area contributed by atoms with Gasteiger partial charge in [0.2, 0.25) is 0 Å². The van der Waals surface area contributed by atoms with Gasteiger partial charge in [0.05, 0.1) is 0 Å². The minimum absolute atomic E-state index is 0.230. The topological polar surface area (TPSA) is 95.9 Å². The molecule has 3 N–H and O–H groups in total. The number of halogens is 2. The van der Waals surface area contributed by atoms with E-state index >= 15 is 0 Å². The molecule has 0 radical (unpaired) electrons. The van der Waals surface area contributed by atoms with E-state index in [1.54, 1.807) is 18.2 Å². The highest BCUT2D eigenvalue weighted by Crippen LogP contribution is 2.46. The van der Waals surface area contributed by atoms with E-state index in [2.05, 4.69) is 0 Å². The molecule has 0 aliphatic carbocycles. The summed E-state index contributed by atoms with van der Waals surface area (Å²) < 4.78 is 15.3. The molecule has 1 saturated heterocycles. The van der Waals surface area contributed by atoms with Crippen LogP contribution >= 0.6 is 30.8 Å². The number of amides is 1. The fourth-order valence-corrected chi connectivity index (χ4v) is 2.73. The molecule has 1 amide bonds. The summed E-state index contributed by atoms with van der Waals surface area (Å²) in [7, 11) is -4.72. The summed E-state index contributed by atoms with van der Waals surface area (Å²) >= 11 is 10.6. The van der Waals surface area contributed by atoms with Crippen molar-refractivity contribution in [2.75, 3.05) is 13.2 Å². The molecule has 6 nitrogen and oxygen atoms in total. The van der Waals surface area contributed by atoms with Gasteiger partial charge in [0.25, 0.3) is 5.91 Å². The van der Waals surface area contributed by atoms with Crippen LogP contribution in [0, 0.1) is 0 Å². The first kappa shape index (κ1) is 19.2. The van der Waals surface area contributed by atoms with Crippen LogP contribution < -0.4 is 5.32 Å². The van der Waals surface area contributed by atoms with E-state index in [1.807, 2.05) is 5.32 Å². The molecule has 1 fully saturated rings. The fraction of sp³-hybridized carbons (Fsp3) is 0.308. The zero-order valence-corrected chi connectivity index (χ0v) is 13.9. The molecular formula is C13H16Cl2NO5P. The lowest BCUT2D eigenvalue weighted by molar-refractivity contribution is 0.0966. The van der Waals surface area contributed by atoms with Crippen LogP contribution in [-0.2, 0) is 9.30 Å². The van der Waals surface area contributed by atoms with Crippen molar-refractivity contribution in [1.29, 1.82) is 0 Å². The lowest BCUT2D eigenvalue weighted by Crippen LogP contribution is -2.23. The van der Waals surface area contributed by atoms with Gasteiger partial charge in [0.1, 0.15) is 4.49 Å². The Hall–Kier alpha value is -0.880. The number of rotatable bonds is 3. The van der Waals surface area contributed by atoms with Crippen LogP contribution in [0.2, 0.25) is 0 Å². The number of nitrogens with one attached hydrogen (secondary N) is 1. The Bertz CT molecular complexity index is 557. The van der Waals surface area contributed by atoms with E-state index in [9.17, 15) is 9.36 Å². The molecular weight excluding hydrogens is 352 g/mol. The van der Waals surface area contributed by atoms with E-state index in [-0.39, 0.29) is 5.56 Å². The van der Waals surface area contributed by atoms with Gasteiger partial charge >= 0.3 is 7.60 Å². The zero-order chi connectivity index (χ0) is 16.6. The fourth-order valence-electron chi connectivity index (χ4n) is 1.51. The van der Waals surface area contributed by atoms with Gasteiger partial charge in [-0.05, 0) is 25.0 Å². The summed E-state index contributed by atoms with van der Waals surface area (Å²) in [6.45, 7) is 2.00. The molecule has 1 aliphatic heterocycles. The molecule has 9 heteroatoms. The summed E-state index contributed by atoms with van der Waals surface area (Å²) in [5, 5.41) is 1.99. The SMILES string of the molecule is C1CCOC1.O=C(NC(=C(Cl)Cl)P(=O)(O)O)c1ccccc1. The summed E-state index contributed by atoms with van der Waals surface area (Å²) in [5.41, 5.74) is -0.581. The Labute approximate surface area is 138 Å². The lowest BCUT2D eigenvalue weighted by atomic mass is 10.2. The Morgan fingerprint density at radius 2 is 1.68 bits per heavy atom. The number of carbonyl (C=O) groups excluding carboxylic acids is 1. The molecule has 0 bridgehead atoms. The van der Waals surface area contributed by atoms with Gasteiger partial charge in [0.15, 0.2) is 5.44 Å². The normalized spacial score (nSPS) is 13.8. The van der Waals surface area contributed by atoms with Gasteiger partial charge < -0.3 is 19.8 Å². The van der Waals surface area contributed by atoms with Crippen molar-refractivity contribution in [3.8, 4) is 0 Å². The molecule has 0 aromatic heterocycles. The molecule has 0 spiro atoms. The number of benzene rings is 1. The molecule has 1 heterocycles. The number of hydrogen-bond donors (Lipinski definition) is 3. The van der Waals surface area contributed by atoms with Gasteiger partial charge in [0, 0.05) is 18.8 Å². The maximum atomic E-state index is 11.6. The van der Waals surface area contributed by atoms with Crippen LogP contribution in [0.5, 0.6) is 0 Å². The van der Waals surface area contributed by atoms with E-state index < -0.39 is 23.4 Å². The van der Waals surface area contributed by atoms with Crippen LogP contribution in [0.25, 0.3) is 0 Å². The molecule has 1 aromatic rings. The van der Waals surface area contributed by atoms with Crippen molar-refractivity contribution in [3.05, 3.63) is 45.8 Å². The minimum atomic E-state index is -4.72. The monoisotopic (exact) mass is 367 g/mol. The smallest absolute Gasteiger partial charge is 0.374 e. The third-order valence-electron chi connectivity index (χ3n) is 2.57. The van der Waals surface area contributed by atoms with Crippen LogP contribution in [0.4, 0.5) is 0 Å². The third-order valence-corrected chi connectivity index (χ3v) is 4.13. The Morgan fingerprint density at radius 1 is 1.14 bits per heavy atom. The predicted octanol–water partition coefficient (Wildman–Crippen LogP) is 3.00. The van der Waals surface area contributed by atoms with Crippen molar-refractivity contribution in [2.45, 2.75) is 12.8 Å². The second-order valence-corrected chi connectivity index (χ2v) is 6.78. The Kier molecular flexibility index (Phi) is 8.10. The lowest BCUT2D eigenvalue weighted by Gasteiger charge is -2.11. The predicted molar refractivity (Wildman–Crippen MR) is 84.7 cm³/mol. The van der Waals surface area contributed by atoms with Gasteiger partial charge in [-0.2, -0.15) is 0 Å². The van der Waals surface area contributed by atoms with Crippen molar-refractivity contribution in [3.63, 3.8) is 0 Å². The molecule has 22 heavy (non-hydrogen) atoms. The summed E-state index contributed by atoms with van der Waals surface area (Å²) in [5.74, 6) is -0.706. The summed E-state index contributed by atoms with van der Waals surface area (Å²) in [6, 6.07) is 7.88. The summed E-state index contributed by atoms with van der Waals surface area (Å²) in [4.78, 5) is 29.4. The van der Waals surface area contributed by atoms with E-state index in [4.69, 9.17) is 37.7 Å². The number of hydrogen-bond acceptors (Lipinski definition) is 3. The third kappa shape index (κ3) is 6.92. The Balaban J connectivity index is 0.000000406. The van der Waals surface area contributed by atoms with Crippen LogP contribution in [0.15, 0.2) is 40.3 Å². The average molecular weight is 368 g/mol. The number of carbonyl (C=O) groups is 1. The molecule has 122 valence electrons. The molecule has 0 saturated carbocycles. The van der Waals surface area contributed by atoms with Gasteiger partial charge in [-0.15, -0.1) is 0 Å². The molecule has 1 aliphatic rings. The standard InChI is InChI=1S/C9H8Cl2NO4P.C4H8O/c10-7(11)9(17(14,15)16)12-8(13)6-4-2-1-3-5-6;1-2-4-5-3-1/h1-5H,(H,12,13)(H2,14,15,16);1-4H2. The van der Waals surface area contributed by atoms with E-state index in [0.29, 0.717) is 0 Å². The van der Waals surface area contributed by atoms with E-state index in [1.165, 1.54) is 25.0 Å². The van der Waals surface area contributed by atoms with Crippen molar-refractivity contribution in [2.24, 2.45) is 0 Å². The maximum absolute atomic E-state index is 11.6. The van der Waals surface area contributed by atoms with Crippen LogP contribution in [-0.4, -0.2) is 28.9 Å². The zero-order valence-electron chi connectivity index (χ0n) is 11.5. The second kappa shape index (κ2) is 9.30. The Morgan fingerprint density at radius 3 is 2.05 bits per heavy atom. The van der Waals surface area contributed by atoms with Crippen molar-refractivity contribution < 1.29 is 23.9 Å². The maximum Gasteiger partial charge on any atom is 0.374 e. The molecule has 1 aromatic carbocycles. The number of ether oxygens (including phenoxy) is 1. The van der Waals surface area contributed by atoms with Crippen molar-refractivity contribution in [1.82, 2.24) is 5.32 Å². The van der Waals surface area contributed by atoms with Crippen molar-refractivity contribution >= 4 is 36.7 Å². The first-order valence-electron chi connectivity index (χ1n) is 6.38. The average Bonchev–Trinajstić information content (AvgIpc) is 3.03. The second-order valence-electron chi connectivity index (χ2n) is 4.29. The van der Waals surface area contributed by atoms with Crippen LogP contribution in [0.1, 0.15) is 23.2 Å². The minimum Gasteiger partial charge on any atom is -0.381 e. The van der Waals surface area contributed by atoms with E-state index in [0.717, 1.165) is 13.2 Å². The highest BCUT2D eigenvalue weighted by Gasteiger charge is 2.26. The van der Waals surface area contributed by atoms with Gasteiger partial charge in [-0.25, -0.2) is 0 Å². The van der Waals surface area contributed by atoms with Gasteiger partial charge in [-0.3, -0.25) is 9.36 Å².